The molecule has 1 aromatic carbocycles. The van der Waals surface area contributed by atoms with E-state index in [4.69, 9.17) is 4.74 Å². The molecule has 1 unspecified atom stereocenters. The van der Waals surface area contributed by atoms with E-state index in [2.05, 4.69) is 0 Å². The Hall–Kier alpha value is -1.62. The first kappa shape index (κ1) is 16.8. The van der Waals surface area contributed by atoms with Gasteiger partial charge in [-0.1, -0.05) is 6.07 Å². The summed E-state index contributed by atoms with van der Waals surface area (Å²) in [5, 5.41) is 20.4. The molecule has 4 nitrogen and oxygen atoms in total. The predicted octanol–water partition coefficient (Wildman–Crippen LogP) is 2.96. The molecule has 2 fully saturated rings. The van der Waals surface area contributed by atoms with Gasteiger partial charge in [-0.05, 0) is 79.0 Å². The lowest BCUT2D eigenvalue weighted by Crippen LogP contribution is -2.37. The lowest BCUT2D eigenvalue weighted by Gasteiger charge is -2.44. The number of hydrogen-bond donors (Lipinski definition) is 2. The summed E-state index contributed by atoms with van der Waals surface area (Å²) in [4.78, 5) is 12.2. The van der Waals surface area contributed by atoms with E-state index in [1.807, 2.05) is 12.1 Å². The lowest BCUT2D eigenvalue weighted by atomic mass is 9.61. The number of hydrogen-bond acceptors (Lipinski definition) is 4. The normalized spacial score (nSPS) is 36.2. The van der Waals surface area contributed by atoms with Crippen molar-refractivity contribution < 1.29 is 24.1 Å². The van der Waals surface area contributed by atoms with Crippen molar-refractivity contribution in [2.45, 2.75) is 44.1 Å². The van der Waals surface area contributed by atoms with E-state index in [0.29, 0.717) is 29.9 Å². The van der Waals surface area contributed by atoms with Crippen molar-refractivity contribution in [3.63, 3.8) is 0 Å². The number of carbonyl (C=O) groups is 1. The molecule has 0 amide bonds. The number of phenols is 1. The third-order valence-electron chi connectivity index (χ3n) is 6.70. The predicted molar refractivity (Wildman–Crippen MR) is 89.9 cm³/mol. The monoisotopic (exact) mass is 348 g/mol. The number of benzene rings is 1. The van der Waals surface area contributed by atoms with Crippen molar-refractivity contribution in [2.75, 3.05) is 13.3 Å². The average Bonchev–Trinajstić information content (AvgIpc) is 2.96. The van der Waals surface area contributed by atoms with Gasteiger partial charge >= 0.3 is 5.97 Å². The van der Waals surface area contributed by atoms with Crippen molar-refractivity contribution in [2.24, 2.45) is 23.7 Å². The number of aryl methyl sites for hydroxylation is 1. The van der Waals surface area contributed by atoms with E-state index >= 15 is 0 Å². The van der Waals surface area contributed by atoms with E-state index in [1.54, 1.807) is 6.07 Å². The molecule has 0 bridgehead atoms. The van der Waals surface area contributed by atoms with Crippen LogP contribution in [0.15, 0.2) is 18.2 Å². The standard InChI is InChI=1S/C20H25FO4/c21-7-8-25-20(24)18-10-17-15-3-1-11-9-12(22)2-4-13(11)14(15)5-6-16(17)19(18)23/h2,4,9,14-19,22-23H,1,3,5-8,10H2/t14-,15-,16?,17+,18-,19-/m1/s1. The highest BCUT2D eigenvalue weighted by atomic mass is 19.1. The Morgan fingerprint density at radius 1 is 1.20 bits per heavy atom. The van der Waals surface area contributed by atoms with Gasteiger partial charge in [-0.3, -0.25) is 4.79 Å². The molecule has 0 radical (unpaired) electrons. The number of ether oxygens (including phenoxy) is 1. The van der Waals surface area contributed by atoms with Crippen LogP contribution < -0.4 is 0 Å². The first-order chi connectivity index (χ1) is 12.1. The molecular weight excluding hydrogens is 323 g/mol. The molecule has 6 atom stereocenters. The second-order valence-electron chi connectivity index (χ2n) is 7.79. The highest BCUT2D eigenvalue weighted by Gasteiger charge is 2.53. The zero-order chi connectivity index (χ0) is 17.6. The van der Waals surface area contributed by atoms with Crippen LogP contribution in [-0.2, 0) is 16.0 Å². The summed E-state index contributed by atoms with van der Waals surface area (Å²) in [5.41, 5.74) is 2.56. The average molecular weight is 348 g/mol. The maximum absolute atomic E-state index is 12.3. The Morgan fingerprint density at radius 3 is 2.84 bits per heavy atom. The van der Waals surface area contributed by atoms with E-state index in [9.17, 15) is 19.4 Å². The number of fused-ring (bicyclic) bond motifs is 5. The molecule has 0 spiro atoms. The van der Waals surface area contributed by atoms with Crippen LogP contribution in [0.4, 0.5) is 4.39 Å². The van der Waals surface area contributed by atoms with E-state index in [-0.39, 0.29) is 12.5 Å². The second kappa shape index (κ2) is 6.60. The number of alkyl halides is 1. The molecule has 0 saturated heterocycles. The Balaban J connectivity index is 1.54. The quantitative estimate of drug-likeness (QED) is 0.824. The molecule has 1 aromatic rings. The van der Waals surface area contributed by atoms with Gasteiger partial charge in [-0.25, -0.2) is 4.39 Å². The molecule has 4 rings (SSSR count). The number of rotatable bonds is 3. The Labute approximate surface area is 147 Å². The van der Waals surface area contributed by atoms with Crippen LogP contribution in [0.1, 0.15) is 42.7 Å². The van der Waals surface area contributed by atoms with E-state index in [0.717, 1.165) is 25.7 Å². The molecule has 3 aliphatic rings. The molecule has 5 heteroatoms. The van der Waals surface area contributed by atoms with Crippen molar-refractivity contribution >= 4 is 5.97 Å². The zero-order valence-corrected chi connectivity index (χ0v) is 14.2. The van der Waals surface area contributed by atoms with Gasteiger partial charge in [-0.15, -0.1) is 0 Å². The van der Waals surface area contributed by atoms with Gasteiger partial charge < -0.3 is 14.9 Å². The number of aromatic hydroxyl groups is 1. The lowest BCUT2D eigenvalue weighted by molar-refractivity contribution is -0.152. The summed E-state index contributed by atoms with van der Waals surface area (Å²) in [5.74, 6) is 0.723. The highest BCUT2D eigenvalue weighted by Crippen LogP contribution is 2.56. The number of esters is 1. The maximum atomic E-state index is 12.3. The van der Waals surface area contributed by atoms with Crippen LogP contribution in [0.5, 0.6) is 5.75 Å². The van der Waals surface area contributed by atoms with Crippen LogP contribution in [0, 0.1) is 23.7 Å². The Kier molecular flexibility index (Phi) is 4.44. The molecule has 25 heavy (non-hydrogen) atoms. The molecule has 136 valence electrons. The number of phenolic OH excluding ortho intramolecular Hbond substituents is 1. The summed E-state index contributed by atoms with van der Waals surface area (Å²) in [6.45, 7) is -0.907. The van der Waals surface area contributed by atoms with Crippen LogP contribution in [0.2, 0.25) is 0 Å². The van der Waals surface area contributed by atoms with E-state index in [1.165, 1.54) is 11.1 Å². The minimum absolute atomic E-state index is 0.142. The molecule has 0 aromatic heterocycles. The topological polar surface area (TPSA) is 66.8 Å². The van der Waals surface area contributed by atoms with Crippen molar-refractivity contribution in [3.05, 3.63) is 29.3 Å². The summed E-state index contributed by atoms with van der Waals surface area (Å²) >= 11 is 0. The first-order valence-electron chi connectivity index (χ1n) is 9.32. The van der Waals surface area contributed by atoms with Gasteiger partial charge in [0.05, 0.1) is 12.0 Å². The number of aliphatic hydroxyl groups excluding tert-OH is 1. The summed E-state index contributed by atoms with van der Waals surface area (Å²) in [6.07, 6.45) is 3.85. The van der Waals surface area contributed by atoms with Gasteiger partial charge in [0.2, 0.25) is 0 Å². The molecule has 0 heterocycles. The number of carbonyl (C=O) groups excluding carboxylic acids is 1. The Bertz CT molecular complexity index is 661. The minimum Gasteiger partial charge on any atom is -0.508 e. The van der Waals surface area contributed by atoms with Gasteiger partial charge in [-0.2, -0.15) is 0 Å². The van der Waals surface area contributed by atoms with Crippen LogP contribution in [-0.4, -0.2) is 35.6 Å². The van der Waals surface area contributed by atoms with Gasteiger partial charge in [0.25, 0.3) is 0 Å². The fourth-order valence-corrected chi connectivity index (χ4v) is 5.70. The van der Waals surface area contributed by atoms with Gasteiger partial charge in [0.1, 0.15) is 19.0 Å². The molecule has 2 N–H and O–H groups in total. The van der Waals surface area contributed by atoms with Crippen molar-refractivity contribution in [3.8, 4) is 5.75 Å². The second-order valence-corrected chi connectivity index (χ2v) is 7.79. The van der Waals surface area contributed by atoms with E-state index < -0.39 is 24.7 Å². The summed E-state index contributed by atoms with van der Waals surface area (Å²) in [6, 6.07) is 5.67. The van der Waals surface area contributed by atoms with Crippen LogP contribution in [0.3, 0.4) is 0 Å². The molecule has 0 aliphatic heterocycles. The Morgan fingerprint density at radius 2 is 2.04 bits per heavy atom. The molecule has 3 aliphatic carbocycles. The largest absolute Gasteiger partial charge is 0.508 e. The zero-order valence-electron chi connectivity index (χ0n) is 14.2. The SMILES string of the molecule is O=C(OCCF)[C@@H]1C[C@@H]2C(CC[C@@H]3c4ccc(O)cc4CC[C@H]32)[C@H]1O. The molecule has 2 saturated carbocycles. The summed E-state index contributed by atoms with van der Waals surface area (Å²) < 4.78 is 17.2. The van der Waals surface area contributed by atoms with Crippen LogP contribution >= 0.6 is 0 Å². The maximum Gasteiger partial charge on any atom is 0.311 e. The minimum atomic E-state index is -0.685. The highest BCUT2D eigenvalue weighted by molar-refractivity contribution is 5.73. The van der Waals surface area contributed by atoms with Crippen molar-refractivity contribution in [1.29, 1.82) is 0 Å². The first-order valence-corrected chi connectivity index (χ1v) is 9.32. The van der Waals surface area contributed by atoms with Gasteiger partial charge in [0, 0.05) is 0 Å². The molecular formula is C20H25FO4. The third kappa shape index (κ3) is 2.82. The summed E-state index contributed by atoms with van der Waals surface area (Å²) in [7, 11) is 0. The van der Waals surface area contributed by atoms with Crippen LogP contribution in [0.25, 0.3) is 0 Å². The van der Waals surface area contributed by atoms with Gasteiger partial charge in [0.15, 0.2) is 0 Å². The number of halogens is 1. The fourth-order valence-electron chi connectivity index (χ4n) is 5.70. The fraction of sp³-hybridized carbons (Fsp3) is 0.650. The number of aliphatic hydroxyl groups is 1. The van der Waals surface area contributed by atoms with Crippen molar-refractivity contribution in [1.82, 2.24) is 0 Å². The smallest absolute Gasteiger partial charge is 0.311 e. The third-order valence-corrected chi connectivity index (χ3v) is 6.70.